The van der Waals surface area contributed by atoms with E-state index in [0.717, 1.165) is 18.3 Å². The number of nitrogens with zero attached hydrogens (tertiary/aromatic N) is 1. The average Bonchev–Trinajstić information content (AvgIpc) is 2.88. The molecule has 5 nitrogen and oxygen atoms in total. The predicted molar refractivity (Wildman–Crippen MR) is 76.8 cm³/mol. The van der Waals surface area contributed by atoms with E-state index in [2.05, 4.69) is 16.7 Å². The summed E-state index contributed by atoms with van der Waals surface area (Å²) in [6.45, 7) is 2.65. The molecule has 2 saturated carbocycles. The fourth-order valence-corrected chi connectivity index (χ4v) is 3.99. The number of amides is 2. The van der Waals surface area contributed by atoms with Crippen molar-refractivity contribution in [2.24, 2.45) is 29.6 Å². The van der Waals surface area contributed by atoms with Crippen LogP contribution in [-0.4, -0.2) is 24.4 Å². The number of hydrogen-bond acceptors (Lipinski definition) is 3. The van der Waals surface area contributed by atoms with Crippen LogP contribution >= 0.6 is 0 Å². The van der Waals surface area contributed by atoms with Gasteiger partial charge in [0.2, 0.25) is 11.8 Å². The molecular formula is C16H23N3O2. The summed E-state index contributed by atoms with van der Waals surface area (Å²) in [4.78, 5) is 23.9. The molecule has 0 bridgehead atoms. The highest BCUT2D eigenvalue weighted by Crippen LogP contribution is 2.56. The Labute approximate surface area is 125 Å². The Morgan fingerprint density at radius 1 is 1.43 bits per heavy atom. The Kier molecular flexibility index (Phi) is 3.88. The van der Waals surface area contributed by atoms with Crippen molar-refractivity contribution in [2.45, 2.75) is 45.1 Å². The zero-order valence-corrected chi connectivity index (χ0v) is 12.5. The van der Waals surface area contributed by atoms with Crippen LogP contribution in [-0.2, 0) is 9.59 Å². The van der Waals surface area contributed by atoms with Crippen LogP contribution in [0.15, 0.2) is 0 Å². The van der Waals surface area contributed by atoms with Crippen LogP contribution in [0.5, 0.6) is 0 Å². The van der Waals surface area contributed by atoms with Crippen LogP contribution in [0, 0.1) is 40.9 Å². The Morgan fingerprint density at radius 3 is 2.71 bits per heavy atom. The second-order valence-electron chi connectivity index (χ2n) is 6.98. The first-order chi connectivity index (χ1) is 10.1. The van der Waals surface area contributed by atoms with Crippen molar-refractivity contribution in [3.8, 4) is 6.07 Å². The zero-order valence-electron chi connectivity index (χ0n) is 12.5. The van der Waals surface area contributed by atoms with E-state index in [1.807, 2.05) is 6.92 Å². The lowest BCUT2D eigenvalue weighted by atomic mass is 9.88. The molecule has 5 heteroatoms. The molecule has 114 valence electrons. The minimum atomic E-state index is -0.551. The number of hydrogen-bond donors (Lipinski definition) is 2. The molecule has 0 aromatic rings. The van der Waals surface area contributed by atoms with E-state index in [1.165, 1.54) is 19.3 Å². The molecule has 1 saturated heterocycles. The summed E-state index contributed by atoms with van der Waals surface area (Å²) in [5, 5.41) is 14.8. The summed E-state index contributed by atoms with van der Waals surface area (Å²) in [6.07, 6.45) is 4.87. The number of fused-ring (bicyclic) bond motifs is 1. The Hall–Kier alpha value is -1.57. The van der Waals surface area contributed by atoms with Gasteiger partial charge in [-0.15, -0.1) is 0 Å². The predicted octanol–water partition coefficient (Wildman–Crippen LogP) is 1.20. The second-order valence-corrected chi connectivity index (χ2v) is 6.98. The fraction of sp³-hybridized carbons (Fsp3) is 0.812. The second kappa shape index (κ2) is 5.67. The summed E-state index contributed by atoms with van der Waals surface area (Å²) in [6, 6.07) is 1.58. The molecule has 1 aliphatic heterocycles. The molecule has 0 aromatic heterocycles. The number of carbonyl (C=O) groups is 2. The highest BCUT2D eigenvalue weighted by molar-refractivity contribution is 5.81. The van der Waals surface area contributed by atoms with Gasteiger partial charge >= 0.3 is 0 Å². The molecule has 1 heterocycles. The summed E-state index contributed by atoms with van der Waals surface area (Å²) >= 11 is 0. The molecule has 0 spiro atoms. The summed E-state index contributed by atoms with van der Waals surface area (Å²) < 4.78 is 0. The molecule has 3 unspecified atom stereocenters. The zero-order chi connectivity index (χ0) is 15.0. The number of rotatable bonds is 5. The van der Waals surface area contributed by atoms with Crippen molar-refractivity contribution in [3.63, 3.8) is 0 Å². The maximum Gasteiger partial charge on any atom is 0.224 e. The molecule has 2 amide bonds. The van der Waals surface area contributed by atoms with Gasteiger partial charge in [0.05, 0.1) is 6.07 Å². The summed E-state index contributed by atoms with van der Waals surface area (Å²) in [5.74, 6) is 2.02. The molecule has 3 fully saturated rings. The third kappa shape index (κ3) is 3.04. The van der Waals surface area contributed by atoms with Gasteiger partial charge in [0, 0.05) is 18.4 Å². The topological polar surface area (TPSA) is 82.0 Å². The standard InChI is InChI=1S/C16H23N3O2/c1-9(11-4-12-6-13(12)5-11)15(20)19-14(8-17)7-10-2-3-18-16(10)21/h9-14H,2-7H2,1H3,(H,18,21)(H,19,20)/t9?,10-,11?,12?,13?,14-/m0/s1. The largest absolute Gasteiger partial charge is 0.356 e. The number of nitriles is 1. The van der Waals surface area contributed by atoms with Gasteiger partial charge in [-0.25, -0.2) is 0 Å². The van der Waals surface area contributed by atoms with Gasteiger partial charge in [-0.05, 0) is 49.9 Å². The van der Waals surface area contributed by atoms with Crippen molar-refractivity contribution in [2.75, 3.05) is 6.54 Å². The van der Waals surface area contributed by atoms with E-state index in [1.54, 1.807) is 0 Å². The Bertz CT molecular complexity index is 474. The summed E-state index contributed by atoms with van der Waals surface area (Å²) in [7, 11) is 0. The Balaban J connectivity index is 1.50. The van der Waals surface area contributed by atoms with Crippen molar-refractivity contribution in [1.82, 2.24) is 10.6 Å². The van der Waals surface area contributed by atoms with E-state index in [-0.39, 0.29) is 23.7 Å². The minimum absolute atomic E-state index is 0.00780. The highest BCUT2D eigenvalue weighted by atomic mass is 16.2. The van der Waals surface area contributed by atoms with Crippen molar-refractivity contribution in [3.05, 3.63) is 0 Å². The van der Waals surface area contributed by atoms with Gasteiger partial charge in [-0.1, -0.05) is 6.92 Å². The van der Waals surface area contributed by atoms with E-state index in [0.29, 0.717) is 18.9 Å². The molecule has 3 rings (SSSR count). The quantitative estimate of drug-likeness (QED) is 0.798. The molecule has 0 aromatic carbocycles. The lowest BCUT2D eigenvalue weighted by Crippen LogP contribution is -2.41. The van der Waals surface area contributed by atoms with E-state index in [4.69, 9.17) is 0 Å². The van der Waals surface area contributed by atoms with Gasteiger partial charge in [0.1, 0.15) is 6.04 Å². The highest BCUT2D eigenvalue weighted by Gasteiger charge is 2.48. The molecule has 2 aliphatic carbocycles. The molecule has 21 heavy (non-hydrogen) atoms. The molecule has 2 N–H and O–H groups in total. The first kappa shape index (κ1) is 14.4. The van der Waals surface area contributed by atoms with Gasteiger partial charge in [0.15, 0.2) is 0 Å². The maximum absolute atomic E-state index is 12.3. The monoisotopic (exact) mass is 289 g/mol. The smallest absolute Gasteiger partial charge is 0.224 e. The molecular weight excluding hydrogens is 266 g/mol. The average molecular weight is 289 g/mol. The third-order valence-electron chi connectivity index (χ3n) is 5.56. The minimum Gasteiger partial charge on any atom is -0.356 e. The first-order valence-electron chi connectivity index (χ1n) is 8.06. The van der Waals surface area contributed by atoms with Crippen LogP contribution in [0.2, 0.25) is 0 Å². The third-order valence-corrected chi connectivity index (χ3v) is 5.56. The maximum atomic E-state index is 12.3. The van der Waals surface area contributed by atoms with E-state index in [9.17, 15) is 14.9 Å². The van der Waals surface area contributed by atoms with Gasteiger partial charge < -0.3 is 10.6 Å². The number of carbonyl (C=O) groups excluding carboxylic acids is 2. The van der Waals surface area contributed by atoms with Gasteiger partial charge in [0.25, 0.3) is 0 Å². The Morgan fingerprint density at radius 2 is 2.14 bits per heavy atom. The van der Waals surface area contributed by atoms with Crippen LogP contribution < -0.4 is 10.6 Å². The van der Waals surface area contributed by atoms with Crippen molar-refractivity contribution >= 4 is 11.8 Å². The van der Waals surface area contributed by atoms with Crippen molar-refractivity contribution < 1.29 is 9.59 Å². The summed E-state index contributed by atoms with van der Waals surface area (Å²) in [5.41, 5.74) is 0. The van der Waals surface area contributed by atoms with Crippen molar-refractivity contribution in [1.29, 1.82) is 5.26 Å². The number of nitrogens with one attached hydrogen (secondary N) is 2. The first-order valence-corrected chi connectivity index (χ1v) is 8.06. The van der Waals surface area contributed by atoms with Gasteiger partial charge in [-0.3, -0.25) is 9.59 Å². The SMILES string of the molecule is CC(C(=O)N[C@H](C#N)C[C@@H]1CCNC1=O)C1CC2CC2C1. The molecule has 5 atom stereocenters. The van der Waals surface area contributed by atoms with Gasteiger partial charge in [-0.2, -0.15) is 5.26 Å². The van der Waals surface area contributed by atoms with Crippen LogP contribution in [0.25, 0.3) is 0 Å². The normalized spacial score (nSPS) is 36.3. The van der Waals surface area contributed by atoms with E-state index < -0.39 is 6.04 Å². The van der Waals surface area contributed by atoms with Crippen LogP contribution in [0.1, 0.15) is 39.0 Å². The lowest BCUT2D eigenvalue weighted by Gasteiger charge is -2.22. The fourth-order valence-electron chi connectivity index (χ4n) is 3.99. The molecule has 0 radical (unpaired) electrons. The molecule has 3 aliphatic rings. The van der Waals surface area contributed by atoms with Crippen LogP contribution in [0.3, 0.4) is 0 Å². The van der Waals surface area contributed by atoms with E-state index >= 15 is 0 Å². The lowest BCUT2D eigenvalue weighted by molar-refractivity contribution is -0.127. The van der Waals surface area contributed by atoms with Crippen LogP contribution in [0.4, 0.5) is 0 Å².